The van der Waals surface area contributed by atoms with Crippen molar-refractivity contribution < 1.29 is 0 Å². The second kappa shape index (κ2) is 6.48. The van der Waals surface area contributed by atoms with E-state index >= 15 is 0 Å². The fourth-order valence-electron chi connectivity index (χ4n) is 2.29. The van der Waals surface area contributed by atoms with Crippen LogP contribution in [0, 0.1) is 6.92 Å². The van der Waals surface area contributed by atoms with Crippen LogP contribution in [0.1, 0.15) is 43.1 Å². The number of aryl methyl sites for hydroxylation is 2. The summed E-state index contributed by atoms with van der Waals surface area (Å²) in [5.41, 5.74) is 3.49. The van der Waals surface area contributed by atoms with Gasteiger partial charge in [-0.15, -0.1) is 0 Å². The zero-order valence-electron chi connectivity index (χ0n) is 11.9. The summed E-state index contributed by atoms with van der Waals surface area (Å²) in [5, 5.41) is 7.94. The van der Waals surface area contributed by atoms with Gasteiger partial charge in [-0.1, -0.05) is 19.9 Å². The second-order valence-corrected chi connectivity index (χ2v) is 4.71. The van der Waals surface area contributed by atoms with Crippen LogP contribution in [-0.4, -0.2) is 21.3 Å². The summed E-state index contributed by atoms with van der Waals surface area (Å²) in [7, 11) is 0. The van der Waals surface area contributed by atoms with Gasteiger partial charge < -0.3 is 5.32 Å². The monoisotopic (exact) mass is 258 g/mol. The summed E-state index contributed by atoms with van der Waals surface area (Å²) < 4.78 is 2.01. The molecule has 1 atom stereocenters. The highest BCUT2D eigenvalue weighted by molar-refractivity contribution is 5.31. The van der Waals surface area contributed by atoms with Crippen molar-refractivity contribution in [2.75, 3.05) is 6.54 Å². The summed E-state index contributed by atoms with van der Waals surface area (Å²) in [6, 6.07) is 4.29. The first kappa shape index (κ1) is 13.7. The average molecular weight is 258 g/mol. The van der Waals surface area contributed by atoms with Crippen molar-refractivity contribution in [3.8, 4) is 0 Å². The van der Waals surface area contributed by atoms with Crippen molar-refractivity contribution in [3.05, 3.63) is 47.5 Å². The molecule has 2 heterocycles. The highest BCUT2D eigenvalue weighted by Crippen LogP contribution is 2.23. The number of pyridine rings is 1. The van der Waals surface area contributed by atoms with Crippen molar-refractivity contribution in [2.45, 2.75) is 39.8 Å². The Morgan fingerprint density at radius 1 is 1.37 bits per heavy atom. The maximum absolute atomic E-state index is 4.42. The first-order chi connectivity index (χ1) is 9.26. The highest BCUT2D eigenvalue weighted by atomic mass is 15.3. The molecule has 4 heteroatoms. The lowest BCUT2D eigenvalue weighted by molar-refractivity contribution is 0.596. The molecule has 0 aromatic carbocycles. The average Bonchev–Trinajstić information content (AvgIpc) is 2.86. The lowest BCUT2D eigenvalue weighted by Gasteiger charge is -2.18. The van der Waals surface area contributed by atoms with E-state index in [0.29, 0.717) is 0 Å². The Morgan fingerprint density at radius 3 is 2.89 bits per heavy atom. The van der Waals surface area contributed by atoms with Crippen LogP contribution >= 0.6 is 0 Å². The van der Waals surface area contributed by atoms with Gasteiger partial charge in [0, 0.05) is 30.2 Å². The first-order valence-corrected chi connectivity index (χ1v) is 6.93. The Hall–Kier alpha value is -1.68. The van der Waals surface area contributed by atoms with Gasteiger partial charge in [0.1, 0.15) is 0 Å². The summed E-state index contributed by atoms with van der Waals surface area (Å²) >= 11 is 0. The molecule has 0 aliphatic heterocycles. The molecule has 0 saturated heterocycles. The van der Waals surface area contributed by atoms with E-state index in [4.69, 9.17) is 0 Å². The van der Waals surface area contributed by atoms with Crippen LogP contribution < -0.4 is 5.32 Å². The molecule has 0 radical (unpaired) electrons. The summed E-state index contributed by atoms with van der Waals surface area (Å²) in [5.74, 6) is 0. The van der Waals surface area contributed by atoms with Gasteiger partial charge in [-0.2, -0.15) is 5.10 Å². The molecule has 0 fully saturated rings. The molecule has 1 N–H and O–H groups in total. The smallest absolute Gasteiger partial charge is 0.0625 e. The zero-order chi connectivity index (χ0) is 13.7. The number of nitrogens with one attached hydrogen (secondary N) is 1. The second-order valence-electron chi connectivity index (χ2n) is 4.71. The fraction of sp³-hybridized carbons (Fsp3) is 0.467. The van der Waals surface area contributed by atoms with Crippen LogP contribution in [0.25, 0.3) is 0 Å². The third kappa shape index (κ3) is 3.20. The molecule has 0 bridgehead atoms. The summed E-state index contributed by atoms with van der Waals surface area (Å²) in [6.07, 6.45) is 7.01. The van der Waals surface area contributed by atoms with E-state index in [1.165, 1.54) is 11.1 Å². The molecule has 0 aliphatic rings. The Balaban J connectivity index is 2.31. The highest BCUT2D eigenvalue weighted by Gasteiger charge is 2.17. The molecule has 102 valence electrons. The normalized spacial score (nSPS) is 12.6. The van der Waals surface area contributed by atoms with Crippen molar-refractivity contribution >= 4 is 0 Å². The molecular formula is C15H22N4. The van der Waals surface area contributed by atoms with Crippen LogP contribution in [-0.2, 0) is 6.54 Å². The maximum Gasteiger partial charge on any atom is 0.0625 e. The number of hydrogen-bond donors (Lipinski definition) is 1. The van der Waals surface area contributed by atoms with E-state index in [-0.39, 0.29) is 6.04 Å². The SMILES string of the molecule is CCCn1cc(C(NCC)c2cccnc2C)cn1. The third-order valence-electron chi connectivity index (χ3n) is 3.21. The molecule has 2 aromatic rings. The summed E-state index contributed by atoms with van der Waals surface area (Å²) in [6.45, 7) is 8.21. The molecule has 2 aromatic heterocycles. The molecule has 0 aliphatic carbocycles. The predicted molar refractivity (Wildman–Crippen MR) is 77.0 cm³/mol. The van der Waals surface area contributed by atoms with Gasteiger partial charge in [-0.3, -0.25) is 9.67 Å². The largest absolute Gasteiger partial charge is 0.306 e. The third-order valence-corrected chi connectivity index (χ3v) is 3.21. The van der Waals surface area contributed by atoms with Crippen molar-refractivity contribution in [2.24, 2.45) is 0 Å². The van der Waals surface area contributed by atoms with E-state index in [0.717, 1.165) is 25.2 Å². The van der Waals surface area contributed by atoms with Crippen molar-refractivity contribution in [1.82, 2.24) is 20.1 Å². The molecule has 4 nitrogen and oxygen atoms in total. The Labute approximate surface area is 114 Å². The Morgan fingerprint density at radius 2 is 2.21 bits per heavy atom. The Kier molecular flexibility index (Phi) is 4.68. The van der Waals surface area contributed by atoms with Crippen LogP contribution in [0.5, 0.6) is 0 Å². The fourth-order valence-corrected chi connectivity index (χ4v) is 2.29. The molecule has 19 heavy (non-hydrogen) atoms. The lowest BCUT2D eigenvalue weighted by atomic mass is 10.0. The number of rotatable bonds is 6. The molecule has 1 unspecified atom stereocenters. The number of nitrogens with zero attached hydrogens (tertiary/aromatic N) is 3. The van der Waals surface area contributed by atoms with Gasteiger partial charge in [0.05, 0.1) is 12.2 Å². The van der Waals surface area contributed by atoms with E-state index in [1.807, 2.05) is 23.1 Å². The lowest BCUT2D eigenvalue weighted by Crippen LogP contribution is -2.22. The van der Waals surface area contributed by atoms with Gasteiger partial charge in [0.2, 0.25) is 0 Å². The van der Waals surface area contributed by atoms with Crippen LogP contribution in [0.3, 0.4) is 0 Å². The van der Waals surface area contributed by atoms with Gasteiger partial charge in [-0.05, 0) is 31.5 Å². The van der Waals surface area contributed by atoms with Crippen LogP contribution in [0.4, 0.5) is 0 Å². The van der Waals surface area contributed by atoms with Crippen LogP contribution in [0.15, 0.2) is 30.7 Å². The van der Waals surface area contributed by atoms with Crippen LogP contribution in [0.2, 0.25) is 0 Å². The first-order valence-electron chi connectivity index (χ1n) is 6.93. The predicted octanol–water partition coefficient (Wildman–Crippen LogP) is 2.70. The molecular weight excluding hydrogens is 236 g/mol. The van der Waals surface area contributed by atoms with E-state index < -0.39 is 0 Å². The number of hydrogen-bond acceptors (Lipinski definition) is 3. The maximum atomic E-state index is 4.42. The van der Waals surface area contributed by atoms with E-state index in [1.54, 1.807) is 0 Å². The van der Waals surface area contributed by atoms with Gasteiger partial charge in [0.15, 0.2) is 0 Å². The quantitative estimate of drug-likeness (QED) is 0.866. The van der Waals surface area contributed by atoms with Gasteiger partial charge >= 0.3 is 0 Å². The van der Waals surface area contributed by atoms with Gasteiger partial charge in [-0.25, -0.2) is 0 Å². The zero-order valence-corrected chi connectivity index (χ0v) is 11.9. The molecule has 2 rings (SSSR count). The van der Waals surface area contributed by atoms with Gasteiger partial charge in [0.25, 0.3) is 0 Å². The van der Waals surface area contributed by atoms with E-state index in [9.17, 15) is 0 Å². The Bertz CT molecular complexity index is 518. The molecule has 0 spiro atoms. The minimum absolute atomic E-state index is 0.171. The standard InChI is InChI=1S/C15H22N4/c1-4-9-19-11-13(10-18-19)15(16-5-2)14-7-6-8-17-12(14)3/h6-8,10-11,15-16H,4-5,9H2,1-3H3. The topological polar surface area (TPSA) is 42.7 Å². The number of aromatic nitrogens is 3. The molecule has 0 saturated carbocycles. The minimum Gasteiger partial charge on any atom is -0.306 e. The van der Waals surface area contributed by atoms with E-state index in [2.05, 4.69) is 48.4 Å². The van der Waals surface area contributed by atoms with Crippen molar-refractivity contribution in [3.63, 3.8) is 0 Å². The van der Waals surface area contributed by atoms with Crippen molar-refractivity contribution in [1.29, 1.82) is 0 Å². The summed E-state index contributed by atoms with van der Waals surface area (Å²) in [4.78, 5) is 4.38. The molecule has 0 amide bonds. The minimum atomic E-state index is 0.171.